The number of fused-ring (bicyclic) bond motifs is 3. The van der Waals surface area contributed by atoms with Crippen LogP contribution < -0.4 is 5.32 Å². The van der Waals surface area contributed by atoms with Gasteiger partial charge in [-0.05, 0) is 42.0 Å². The number of carbonyl (C=O) groups is 3. The van der Waals surface area contributed by atoms with E-state index in [1.54, 1.807) is 6.92 Å². The van der Waals surface area contributed by atoms with Crippen LogP contribution in [0.1, 0.15) is 43.2 Å². The van der Waals surface area contributed by atoms with Crippen LogP contribution in [0.3, 0.4) is 0 Å². The number of aliphatic carboxylic acids is 1. The smallest absolute Gasteiger partial charge is 0.407 e. The number of rotatable bonds is 6. The first-order valence-corrected chi connectivity index (χ1v) is 10.6. The summed E-state index contributed by atoms with van der Waals surface area (Å²) in [5, 5.41) is 11.9. The van der Waals surface area contributed by atoms with Crippen molar-refractivity contribution < 1.29 is 24.2 Å². The Kier molecular flexibility index (Phi) is 5.93. The van der Waals surface area contributed by atoms with Gasteiger partial charge in [-0.25, -0.2) is 9.59 Å². The second-order valence-electron chi connectivity index (χ2n) is 8.16. The normalized spacial score (nSPS) is 18.2. The molecule has 2 aliphatic rings. The number of alkyl carbamates (subject to hydrolysis) is 1. The Morgan fingerprint density at radius 2 is 1.71 bits per heavy atom. The van der Waals surface area contributed by atoms with Gasteiger partial charge in [-0.3, -0.25) is 4.79 Å². The van der Waals surface area contributed by atoms with Crippen molar-refractivity contribution in [2.24, 2.45) is 0 Å². The molecule has 2 aromatic rings. The van der Waals surface area contributed by atoms with Gasteiger partial charge in [0.2, 0.25) is 5.91 Å². The first-order valence-electron chi connectivity index (χ1n) is 10.6. The molecule has 2 atom stereocenters. The molecule has 2 aromatic carbocycles. The van der Waals surface area contributed by atoms with Crippen molar-refractivity contribution in [2.75, 3.05) is 13.2 Å². The van der Waals surface area contributed by atoms with Crippen LogP contribution >= 0.6 is 0 Å². The van der Waals surface area contributed by atoms with Crippen molar-refractivity contribution in [3.63, 3.8) is 0 Å². The van der Waals surface area contributed by atoms with Crippen LogP contribution in [-0.2, 0) is 14.3 Å². The van der Waals surface area contributed by atoms with Gasteiger partial charge in [0.05, 0.1) is 0 Å². The van der Waals surface area contributed by atoms with E-state index in [0.29, 0.717) is 19.4 Å². The number of carbonyl (C=O) groups excluding carboxylic acids is 2. The molecule has 1 aliphatic carbocycles. The minimum Gasteiger partial charge on any atom is -0.480 e. The average molecular weight is 422 g/mol. The van der Waals surface area contributed by atoms with E-state index in [1.165, 1.54) is 4.90 Å². The number of likely N-dealkylation sites (tertiary alicyclic amines) is 1. The molecule has 0 spiro atoms. The number of benzene rings is 2. The van der Waals surface area contributed by atoms with E-state index in [2.05, 4.69) is 29.6 Å². The van der Waals surface area contributed by atoms with Gasteiger partial charge in [0.15, 0.2) is 0 Å². The minimum absolute atomic E-state index is 0.0315. The molecule has 7 nitrogen and oxygen atoms in total. The second-order valence-corrected chi connectivity index (χ2v) is 8.16. The molecule has 2 amide bonds. The molecular weight excluding hydrogens is 396 g/mol. The zero-order valence-electron chi connectivity index (χ0n) is 17.4. The summed E-state index contributed by atoms with van der Waals surface area (Å²) in [7, 11) is 0. The molecule has 31 heavy (non-hydrogen) atoms. The Labute approximate surface area is 181 Å². The third kappa shape index (κ3) is 4.26. The van der Waals surface area contributed by atoms with Gasteiger partial charge in [0.25, 0.3) is 0 Å². The van der Waals surface area contributed by atoms with Gasteiger partial charge >= 0.3 is 12.1 Å². The van der Waals surface area contributed by atoms with Crippen LogP contribution in [0.25, 0.3) is 11.1 Å². The molecule has 0 saturated carbocycles. The molecule has 0 radical (unpaired) electrons. The SMILES string of the molecule is CC(CC(=O)N1CCC[C@H]1C(=O)O)NC(=O)OCC1c2ccccc2-c2ccccc21. The minimum atomic E-state index is -0.983. The summed E-state index contributed by atoms with van der Waals surface area (Å²) in [4.78, 5) is 37.5. The van der Waals surface area contributed by atoms with E-state index in [0.717, 1.165) is 22.3 Å². The molecule has 1 fully saturated rings. The van der Waals surface area contributed by atoms with Crippen LogP contribution in [0.5, 0.6) is 0 Å². The Hall–Kier alpha value is -3.35. The molecule has 1 heterocycles. The summed E-state index contributed by atoms with van der Waals surface area (Å²) in [6.45, 7) is 2.35. The number of amides is 2. The maximum atomic E-state index is 12.5. The van der Waals surface area contributed by atoms with Crippen molar-refractivity contribution in [1.29, 1.82) is 0 Å². The van der Waals surface area contributed by atoms with Crippen molar-refractivity contribution in [2.45, 2.75) is 44.2 Å². The number of hydrogen-bond acceptors (Lipinski definition) is 4. The molecule has 1 unspecified atom stereocenters. The van der Waals surface area contributed by atoms with Crippen molar-refractivity contribution in [1.82, 2.24) is 10.2 Å². The van der Waals surface area contributed by atoms with Crippen LogP contribution in [0.2, 0.25) is 0 Å². The molecule has 7 heteroatoms. The maximum Gasteiger partial charge on any atom is 0.407 e. The molecule has 1 aliphatic heterocycles. The maximum absolute atomic E-state index is 12.5. The number of ether oxygens (including phenoxy) is 1. The summed E-state index contributed by atoms with van der Waals surface area (Å²) >= 11 is 0. The largest absolute Gasteiger partial charge is 0.480 e. The van der Waals surface area contributed by atoms with E-state index in [1.807, 2.05) is 24.3 Å². The standard InChI is InChI=1S/C24H26N2O5/c1-15(13-22(27)26-12-6-11-21(26)23(28)29)25-24(30)31-14-20-18-9-4-2-7-16(18)17-8-3-5-10-19(17)20/h2-5,7-10,15,20-21H,6,11-14H2,1H3,(H,25,30)(H,28,29)/t15?,21-/m0/s1. The zero-order valence-corrected chi connectivity index (χ0v) is 17.4. The van der Waals surface area contributed by atoms with Crippen LogP contribution in [0.4, 0.5) is 4.79 Å². The first kappa shape index (κ1) is 20.9. The van der Waals surface area contributed by atoms with Crippen LogP contribution in [0, 0.1) is 0 Å². The number of nitrogens with zero attached hydrogens (tertiary/aromatic N) is 1. The van der Waals surface area contributed by atoms with Gasteiger partial charge in [0.1, 0.15) is 12.6 Å². The third-order valence-electron chi connectivity index (χ3n) is 6.05. The molecule has 0 aromatic heterocycles. The van der Waals surface area contributed by atoms with E-state index < -0.39 is 24.1 Å². The summed E-state index contributed by atoms with van der Waals surface area (Å²) < 4.78 is 5.51. The molecule has 2 N–H and O–H groups in total. The lowest BCUT2D eigenvalue weighted by Gasteiger charge is -2.23. The van der Waals surface area contributed by atoms with Gasteiger partial charge in [-0.1, -0.05) is 48.5 Å². The summed E-state index contributed by atoms with van der Waals surface area (Å²) in [6.07, 6.45) is 0.596. The lowest BCUT2D eigenvalue weighted by atomic mass is 9.98. The molecule has 4 rings (SSSR count). The Balaban J connectivity index is 1.32. The van der Waals surface area contributed by atoms with E-state index >= 15 is 0 Å². The molecular formula is C24H26N2O5. The fraction of sp³-hybridized carbons (Fsp3) is 0.375. The highest BCUT2D eigenvalue weighted by Crippen LogP contribution is 2.44. The number of carboxylic acids is 1. The quantitative estimate of drug-likeness (QED) is 0.744. The predicted octanol–water partition coefficient (Wildman–Crippen LogP) is 3.38. The predicted molar refractivity (Wildman–Crippen MR) is 115 cm³/mol. The molecule has 162 valence electrons. The zero-order chi connectivity index (χ0) is 22.0. The Morgan fingerprint density at radius 3 is 2.32 bits per heavy atom. The van der Waals surface area contributed by atoms with Crippen molar-refractivity contribution >= 4 is 18.0 Å². The van der Waals surface area contributed by atoms with E-state index in [9.17, 15) is 19.5 Å². The van der Waals surface area contributed by atoms with Crippen LogP contribution in [-0.4, -0.2) is 53.2 Å². The van der Waals surface area contributed by atoms with E-state index in [4.69, 9.17) is 4.74 Å². The third-order valence-corrected chi connectivity index (χ3v) is 6.05. The van der Waals surface area contributed by atoms with Crippen molar-refractivity contribution in [3.8, 4) is 11.1 Å². The first-order chi connectivity index (χ1) is 15.0. The summed E-state index contributed by atoms with van der Waals surface area (Å²) in [5.74, 6) is -1.28. The lowest BCUT2D eigenvalue weighted by molar-refractivity contribution is -0.148. The highest BCUT2D eigenvalue weighted by atomic mass is 16.5. The number of carboxylic acid groups (broad SMARTS) is 1. The van der Waals surface area contributed by atoms with Gasteiger partial charge in [0, 0.05) is 24.9 Å². The van der Waals surface area contributed by atoms with Crippen molar-refractivity contribution in [3.05, 3.63) is 59.7 Å². The van der Waals surface area contributed by atoms with Gasteiger partial charge in [-0.15, -0.1) is 0 Å². The Morgan fingerprint density at radius 1 is 1.10 bits per heavy atom. The topological polar surface area (TPSA) is 95.9 Å². The summed E-state index contributed by atoms with van der Waals surface area (Å²) in [6, 6.07) is 15.0. The second kappa shape index (κ2) is 8.79. The molecule has 0 bridgehead atoms. The highest BCUT2D eigenvalue weighted by Gasteiger charge is 2.34. The van der Waals surface area contributed by atoms with Gasteiger partial charge < -0.3 is 20.1 Å². The fourth-order valence-corrected chi connectivity index (χ4v) is 4.59. The average Bonchev–Trinajstić information content (AvgIpc) is 3.36. The lowest BCUT2D eigenvalue weighted by Crippen LogP contribution is -2.44. The highest BCUT2D eigenvalue weighted by molar-refractivity contribution is 5.85. The monoisotopic (exact) mass is 422 g/mol. The van der Waals surface area contributed by atoms with E-state index in [-0.39, 0.29) is 24.9 Å². The molecule has 1 saturated heterocycles. The fourth-order valence-electron chi connectivity index (χ4n) is 4.59. The number of hydrogen-bond donors (Lipinski definition) is 2. The number of nitrogens with one attached hydrogen (secondary N) is 1. The van der Waals surface area contributed by atoms with Crippen LogP contribution in [0.15, 0.2) is 48.5 Å². The van der Waals surface area contributed by atoms with Gasteiger partial charge in [-0.2, -0.15) is 0 Å². The Bertz CT molecular complexity index is 959. The summed E-state index contributed by atoms with van der Waals surface area (Å²) in [5.41, 5.74) is 4.58.